The van der Waals surface area contributed by atoms with Gasteiger partial charge in [-0.1, -0.05) is 29.8 Å². The molecule has 2 heterocycles. The van der Waals surface area contributed by atoms with Crippen molar-refractivity contribution in [1.82, 2.24) is 9.97 Å². The fourth-order valence-corrected chi connectivity index (χ4v) is 5.05. The number of thioether (sulfide) groups is 1. The van der Waals surface area contributed by atoms with E-state index in [1.807, 2.05) is 24.3 Å². The van der Waals surface area contributed by atoms with Crippen LogP contribution in [-0.2, 0) is 0 Å². The van der Waals surface area contributed by atoms with Crippen LogP contribution in [0.1, 0.15) is 11.1 Å². The van der Waals surface area contributed by atoms with Crippen molar-refractivity contribution in [3.05, 3.63) is 70.3 Å². The van der Waals surface area contributed by atoms with E-state index in [0.29, 0.717) is 6.61 Å². The Kier molecular flexibility index (Phi) is 5.85. The van der Waals surface area contributed by atoms with Crippen LogP contribution in [0.15, 0.2) is 59.2 Å². The van der Waals surface area contributed by atoms with E-state index in [-0.39, 0.29) is 0 Å². The minimum Gasteiger partial charge on any atom is -0.493 e. The molecule has 0 saturated carbocycles. The van der Waals surface area contributed by atoms with Gasteiger partial charge in [0.15, 0.2) is 0 Å². The maximum absolute atomic E-state index is 6.04. The Labute approximate surface area is 177 Å². The maximum Gasteiger partial charge on any atom is 0.128 e. The molecule has 142 valence electrons. The molecule has 0 bridgehead atoms. The molecule has 0 fully saturated rings. The number of hydrogen-bond donors (Lipinski definition) is 0. The van der Waals surface area contributed by atoms with Crippen molar-refractivity contribution in [3.63, 3.8) is 0 Å². The number of hydrogen-bond acceptors (Lipinski definition) is 5. The summed E-state index contributed by atoms with van der Waals surface area (Å²) in [6.07, 6.45) is 1.64. The molecule has 0 aliphatic heterocycles. The lowest BCUT2D eigenvalue weighted by molar-refractivity contribution is 0.343. The summed E-state index contributed by atoms with van der Waals surface area (Å²) < 4.78 is 5.93. The summed E-state index contributed by atoms with van der Waals surface area (Å²) in [6, 6.07) is 14.2. The Morgan fingerprint density at radius 1 is 1.04 bits per heavy atom. The fraction of sp³-hybridized carbons (Fsp3) is 0.182. The van der Waals surface area contributed by atoms with Crippen LogP contribution in [0, 0.1) is 13.8 Å². The Morgan fingerprint density at radius 3 is 2.54 bits per heavy atom. The SMILES string of the molecule is Cc1cc(C)cc(OCCSc2ncnc3scc(-c4ccc(Cl)cc4)c23)c1. The molecular weight excluding hydrogens is 408 g/mol. The molecule has 2 aromatic heterocycles. The van der Waals surface area contributed by atoms with Crippen molar-refractivity contribution >= 4 is 44.9 Å². The molecule has 6 heteroatoms. The number of rotatable bonds is 6. The molecule has 0 saturated heterocycles. The summed E-state index contributed by atoms with van der Waals surface area (Å²) in [5.41, 5.74) is 4.70. The lowest BCUT2D eigenvalue weighted by atomic mass is 10.1. The number of aryl methyl sites for hydroxylation is 2. The number of fused-ring (bicyclic) bond motifs is 1. The van der Waals surface area contributed by atoms with Crippen LogP contribution in [0.3, 0.4) is 0 Å². The van der Waals surface area contributed by atoms with E-state index in [1.165, 1.54) is 11.1 Å². The van der Waals surface area contributed by atoms with Crippen molar-refractivity contribution in [3.8, 4) is 16.9 Å². The van der Waals surface area contributed by atoms with Gasteiger partial charge in [-0.15, -0.1) is 23.1 Å². The van der Waals surface area contributed by atoms with Crippen LogP contribution in [0.5, 0.6) is 5.75 Å². The van der Waals surface area contributed by atoms with Gasteiger partial charge >= 0.3 is 0 Å². The highest BCUT2D eigenvalue weighted by Gasteiger charge is 2.13. The molecule has 4 rings (SSSR count). The minimum absolute atomic E-state index is 0.624. The maximum atomic E-state index is 6.04. The number of nitrogens with zero attached hydrogens (tertiary/aromatic N) is 2. The van der Waals surface area contributed by atoms with Crippen molar-refractivity contribution in [2.75, 3.05) is 12.4 Å². The third-order valence-electron chi connectivity index (χ3n) is 4.28. The molecule has 0 radical (unpaired) electrons. The van der Waals surface area contributed by atoms with Crippen molar-refractivity contribution in [2.45, 2.75) is 18.9 Å². The van der Waals surface area contributed by atoms with E-state index in [9.17, 15) is 0 Å². The molecule has 3 nitrogen and oxygen atoms in total. The highest BCUT2D eigenvalue weighted by atomic mass is 35.5. The average molecular weight is 427 g/mol. The van der Waals surface area contributed by atoms with Gasteiger partial charge in [-0.05, 0) is 54.8 Å². The lowest BCUT2D eigenvalue weighted by Crippen LogP contribution is -2.01. The summed E-state index contributed by atoms with van der Waals surface area (Å²) in [5, 5.41) is 4.96. The van der Waals surface area contributed by atoms with Crippen molar-refractivity contribution < 1.29 is 4.74 Å². The summed E-state index contributed by atoms with van der Waals surface area (Å²) in [6.45, 7) is 4.79. The first-order valence-corrected chi connectivity index (χ1v) is 11.2. The third-order valence-corrected chi connectivity index (χ3v) is 6.37. The van der Waals surface area contributed by atoms with Crippen LogP contribution in [0.25, 0.3) is 21.3 Å². The van der Waals surface area contributed by atoms with E-state index < -0.39 is 0 Å². The monoisotopic (exact) mass is 426 g/mol. The van der Waals surface area contributed by atoms with Gasteiger partial charge in [0.05, 0.1) is 12.0 Å². The molecule has 0 amide bonds. The Hall–Kier alpha value is -2.08. The van der Waals surface area contributed by atoms with Crippen LogP contribution in [0.2, 0.25) is 5.02 Å². The number of aromatic nitrogens is 2. The van der Waals surface area contributed by atoms with Gasteiger partial charge in [0, 0.05) is 21.7 Å². The van der Waals surface area contributed by atoms with E-state index in [0.717, 1.165) is 42.9 Å². The first kappa shape index (κ1) is 19.2. The second kappa shape index (κ2) is 8.52. The summed E-state index contributed by atoms with van der Waals surface area (Å²) in [5.74, 6) is 1.73. The second-order valence-electron chi connectivity index (χ2n) is 6.54. The van der Waals surface area contributed by atoms with Gasteiger partial charge < -0.3 is 4.74 Å². The van der Waals surface area contributed by atoms with Crippen molar-refractivity contribution in [2.24, 2.45) is 0 Å². The number of halogens is 1. The summed E-state index contributed by atoms with van der Waals surface area (Å²) in [7, 11) is 0. The molecule has 2 aromatic carbocycles. The zero-order chi connectivity index (χ0) is 19.5. The topological polar surface area (TPSA) is 35.0 Å². The molecule has 0 spiro atoms. The van der Waals surface area contributed by atoms with Gasteiger partial charge in [0.25, 0.3) is 0 Å². The number of thiophene rings is 1. The zero-order valence-electron chi connectivity index (χ0n) is 15.6. The van der Waals surface area contributed by atoms with Crippen LogP contribution in [0.4, 0.5) is 0 Å². The Bertz CT molecular complexity index is 1090. The fourth-order valence-electron chi connectivity index (χ4n) is 3.11. The predicted molar refractivity (Wildman–Crippen MR) is 120 cm³/mol. The highest BCUT2D eigenvalue weighted by molar-refractivity contribution is 7.99. The average Bonchev–Trinajstić information content (AvgIpc) is 3.10. The molecule has 0 aliphatic rings. The molecule has 4 aromatic rings. The highest BCUT2D eigenvalue weighted by Crippen LogP contribution is 2.38. The van der Waals surface area contributed by atoms with Crippen molar-refractivity contribution in [1.29, 1.82) is 0 Å². The summed E-state index contributed by atoms with van der Waals surface area (Å²) >= 11 is 9.37. The van der Waals surface area contributed by atoms with Gasteiger partial charge in [0.2, 0.25) is 0 Å². The predicted octanol–water partition coefficient (Wildman–Crippen LogP) is 6.80. The van der Waals surface area contributed by atoms with E-state index in [2.05, 4.69) is 47.4 Å². The largest absolute Gasteiger partial charge is 0.493 e. The van der Waals surface area contributed by atoms with Crippen LogP contribution < -0.4 is 4.74 Å². The summed E-state index contributed by atoms with van der Waals surface area (Å²) in [4.78, 5) is 9.97. The van der Waals surface area contributed by atoms with Crippen LogP contribution >= 0.6 is 34.7 Å². The third kappa shape index (κ3) is 4.32. The quantitative estimate of drug-likeness (QED) is 0.193. The van der Waals surface area contributed by atoms with Gasteiger partial charge in [-0.25, -0.2) is 9.97 Å². The first-order valence-electron chi connectivity index (χ1n) is 8.92. The van der Waals surface area contributed by atoms with E-state index in [1.54, 1.807) is 29.4 Å². The molecule has 28 heavy (non-hydrogen) atoms. The van der Waals surface area contributed by atoms with Gasteiger partial charge in [-0.3, -0.25) is 0 Å². The molecule has 0 atom stereocenters. The standard InChI is InChI=1S/C22H19ClN2OS2/c1-14-9-15(2)11-18(10-14)26-7-8-27-21-20-19(12-28-22(20)25-13-24-21)16-3-5-17(23)6-4-16/h3-6,9-13H,7-8H2,1-2H3. The molecular formula is C22H19ClN2OS2. The van der Waals surface area contributed by atoms with E-state index >= 15 is 0 Å². The zero-order valence-corrected chi connectivity index (χ0v) is 18.0. The first-order chi connectivity index (χ1) is 13.6. The Morgan fingerprint density at radius 2 is 1.79 bits per heavy atom. The van der Waals surface area contributed by atoms with E-state index in [4.69, 9.17) is 16.3 Å². The smallest absolute Gasteiger partial charge is 0.128 e. The van der Waals surface area contributed by atoms with Crippen LogP contribution in [-0.4, -0.2) is 22.3 Å². The number of ether oxygens (including phenoxy) is 1. The lowest BCUT2D eigenvalue weighted by Gasteiger charge is -2.09. The number of benzene rings is 2. The molecule has 0 unspecified atom stereocenters. The molecule has 0 N–H and O–H groups in total. The second-order valence-corrected chi connectivity index (χ2v) is 8.91. The normalized spacial score (nSPS) is 11.1. The molecule has 0 aliphatic carbocycles. The van der Waals surface area contributed by atoms with Gasteiger partial charge in [0.1, 0.15) is 21.9 Å². The Balaban J connectivity index is 1.51. The minimum atomic E-state index is 0.624. The van der Waals surface area contributed by atoms with Gasteiger partial charge in [-0.2, -0.15) is 0 Å².